The first-order chi connectivity index (χ1) is 14.9. The van der Waals surface area contributed by atoms with Crippen molar-refractivity contribution in [2.45, 2.75) is 18.9 Å². The van der Waals surface area contributed by atoms with Crippen LogP contribution in [0.3, 0.4) is 0 Å². The molecule has 162 valence electrons. The van der Waals surface area contributed by atoms with Gasteiger partial charge >= 0.3 is 6.03 Å². The number of nitrogens with one attached hydrogen (secondary N) is 1. The van der Waals surface area contributed by atoms with Crippen molar-refractivity contribution in [2.24, 2.45) is 0 Å². The van der Waals surface area contributed by atoms with E-state index in [-0.39, 0.29) is 37.0 Å². The highest BCUT2D eigenvalue weighted by atomic mass is 35.5. The van der Waals surface area contributed by atoms with Crippen LogP contribution in [0.15, 0.2) is 48.5 Å². The Hall–Kier alpha value is -2.61. The molecule has 31 heavy (non-hydrogen) atoms. The summed E-state index contributed by atoms with van der Waals surface area (Å²) in [6, 6.07) is 13.6. The molecule has 2 heterocycles. The van der Waals surface area contributed by atoms with Crippen LogP contribution in [-0.4, -0.2) is 59.9 Å². The Labute approximate surface area is 190 Å². The summed E-state index contributed by atoms with van der Waals surface area (Å²) >= 11 is 11.9. The molecule has 2 aliphatic heterocycles. The molecule has 0 radical (unpaired) electrons. The van der Waals surface area contributed by atoms with Crippen LogP contribution in [0.25, 0.3) is 0 Å². The summed E-state index contributed by atoms with van der Waals surface area (Å²) in [5.41, 5.74) is 1.19. The average Bonchev–Trinajstić information content (AvgIpc) is 3.06. The molecule has 2 saturated heterocycles. The molecule has 4 rings (SSSR count). The second-order valence-electron chi connectivity index (χ2n) is 7.66. The normalized spacial score (nSPS) is 18.0. The molecule has 9 heteroatoms. The third kappa shape index (κ3) is 4.84. The van der Waals surface area contributed by atoms with Gasteiger partial charge in [0.15, 0.2) is 0 Å². The molecule has 2 aromatic rings. The van der Waals surface area contributed by atoms with E-state index in [2.05, 4.69) is 5.32 Å². The molecular formula is C22H22Cl2N4O3. The van der Waals surface area contributed by atoms with Crippen molar-refractivity contribution in [1.82, 2.24) is 9.80 Å². The van der Waals surface area contributed by atoms with Crippen LogP contribution in [0, 0.1) is 0 Å². The number of hydrogen-bond donors (Lipinski definition) is 1. The Morgan fingerprint density at radius 1 is 1.00 bits per heavy atom. The van der Waals surface area contributed by atoms with E-state index in [1.165, 1.54) is 4.90 Å². The van der Waals surface area contributed by atoms with Crippen LogP contribution >= 0.6 is 23.2 Å². The van der Waals surface area contributed by atoms with E-state index < -0.39 is 0 Å². The first-order valence-electron chi connectivity index (χ1n) is 10.1. The zero-order valence-corrected chi connectivity index (χ0v) is 18.3. The van der Waals surface area contributed by atoms with Crippen molar-refractivity contribution < 1.29 is 14.4 Å². The van der Waals surface area contributed by atoms with Crippen molar-refractivity contribution >= 4 is 52.4 Å². The first-order valence-corrected chi connectivity index (χ1v) is 10.8. The maximum Gasteiger partial charge on any atom is 0.332 e. The second kappa shape index (κ2) is 9.26. The zero-order chi connectivity index (χ0) is 22.0. The summed E-state index contributed by atoms with van der Waals surface area (Å²) in [4.78, 5) is 42.6. The van der Waals surface area contributed by atoms with Gasteiger partial charge in [-0.2, -0.15) is 0 Å². The summed E-state index contributed by atoms with van der Waals surface area (Å²) in [5.74, 6) is -0.348. The minimum absolute atomic E-state index is 0.0143. The fraction of sp³-hybridized carbons (Fsp3) is 0.318. The highest BCUT2D eigenvalue weighted by Gasteiger charge is 2.41. The number of urea groups is 1. The number of para-hydroxylation sites is 1. The number of amides is 4. The molecule has 2 fully saturated rings. The lowest BCUT2D eigenvalue weighted by Crippen LogP contribution is -2.48. The van der Waals surface area contributed by atoms with Crippen LogP contribution in [-0.2, 0) is 9.59 Å². The largest absolute Gasteiger partial charge is 0.332 e. The lowest BCUT2D eigenvalue weighted by molar-refractivity contribution is -0.117. The van der Waals surface area contributed by atoms with E-state index in [0.717, 1.165) is 0 Å². The van der Waals surface area contributed by atoms with Crippen molar-refractivity contribution in [3.8, 4) is 0 Å². The summed E-state index contributed by atoms with van der Waals surface area (Å²) < 4.78 is 0. The van der Waals surface area contributed by atoms with Crippen LogP contribution in [0.5, 0.6) is 0 Å². The summed E-state index contributed by atoms with van der Waals surface area (Å²) in [7, 11) is 0. The van der Waals surface area contributed by atoms with E-state index in [9.17, 15) is 14.4 Å². The van der Waals surface area contributed by atoms with Gasteiger partial charge in [0.25, 0.3) is 5.91 Å². The van der Waals surface area contributed by atoms with Gasteiger partial charge in [-0.25, -0.2) is 9.69 Å². The van der Waals surface area contributed by atoms with Gasteiger partial charge < -0.3 is 10.2 Å². The molecule has 0 unspecified atom stereocenters. The molecular weight excluding hydrogens is 439 g/mol. The Morgan fingerprint density at radius 2 is 1.71 bits per heavy atom. The smallest absolute Gasteiger partial charge is 0.325 e. The maximum atomic E-state index is 12.9. The van der Waals surface area contributed by atoms with E-state index in [4.69, 9.17) is 23.2 Å². The lowest BCUT2D eigenvalue weighted by atomic mass is 10.0. The SMILES string of the molecule is O=C(CN1CCC(N2CC(=O)N(c3ccccc3)C2=O)CC1)Nc1ccc(Cl)c(Cl)c1. The van der Waals surface area contributed by atoms with Crippen LogP contribution in [0.1, 0.15) is 12.8 Å². The summed E-state index contributed by atoms with van der Waals surface area (Å²) in [6.45, 7) is 1.68. The van der Waals surface area contributed by atoms with Gasteiger partial charge in [-0.1, -0.05) is 41.4 Å². The fourth-order valence-electron chi connectivity index (χ4n) is 4.00. The number of nitrogens with zero attached hydrogens (tertiary/aromatic N) is 3. The molecule has 0 atom stereocenters. The Bertz CT molecular complexity index is 994. The number of carbonyl (C=O) groups excluding carboxylic acids is 3. The average molecular weight is 461 g/mol. The Morgan fingerprint density at radius 3 is 2.39 bits per heavy atom. The van der Waals surface area contributed by atoms with E-state index in [0.29, 0.717) is 47.4 Å². The van der Waals surface area contributed by atoms with Crippen molar-refractivity contribution in [1.29, 1.82) is 0 Å². The molecule has 0 aliphatic carbocycles. The van der Waals surface area contributed by atoms with Crippen LogP contribution < -0.4 is 10.2 Å². The van der Waals surface area contributed by atoms with Gasteiger partial charge in [0, 0.05) is 24.8 Å². The van der Waals surface area contributed by atoms with Gasteiger partial charge in [0.1, 0.15) is 6.54 Å². The second-order valence-corrected chi connectivity index (χ2v) is 8.47. The highest BCUT2D eigenvalue weighted by Crippen LogP contribution is 2.27. The third-order valence-electron chi connectivity index (χ3n) is 5.57. The zero-order valence-electron chi connectivity index (χ0n) is 16.8. The number of rotatable bonds is 5. The number of carbonyl (C=O) groups is 3. The maximum absolute atomic E-state index is 12.9. The van der Waals surface area contributed by atoms with Crippen molar-refractivity contribution in [2.75, 3.05) is 36.4 Å². The van der Waals surface area contributed by atoms with Crippen molar-refractivity contribution in [3.63, 3.8) is 0 Å². The number of imide groups is 1. The topological polar surface area (TPSA) is 73.0 Å². The minimum Gasteiger partial charge on any atom is -0.325 e. The number of piperidine rings is 1. The number of hydrogen-bond acceptors (Lipinski definition) is 4. The Balaban J connectivity index is 1.29. The quantitative estimate of drug-likeness (QED) is 0.687. The summed E-state index contributed by atoms with van der Waals surface area (Å²) in [5, 5.41) is 3.64. The van der Waals surface area contributed by atoms with E-state index in [1.807, 2.05) is 11.0 Å². The van der Waals surface area contributed by atoms with E-state index >= 15 is 0 Å². The molecule has 0 saturated carbocycles. The Kier molecular flexibility index (Phi) is 6.46. The van der Waals surface area contributed by atoms with Gasteiger partial charge in [0.05, 0.1) is 22.3 Å². The summed E-state index contributed by atoms with van der Waals surface area (Å²) in [6.07, 6.45) is 1.42. The number of halogens is 2. The van der Waals surface area contributed by atoms with Crippen molar-refractivity contribution in [3.05, 3.63) is 58.6 Å². The molecule has 1 N–H and O–H groups in total. The number of anilines is 2. The van der Waals surface area contributed by atoms with Gasteiger partial charge in [-0.3, -0.25) is 14.5 Å². The molecule has 4 amide bonds. The molecule has 0 bridgehead atoms. The van der Waals surface area contributed by atoms with Gasteiger partial charge in [0.2, 0.25) is 5.91 Å². The van der Waals surface area contributed by atoms with Gasteiger partial charge in [-0.05, 0) is 43.2 Å². The molecule has 0 spiro atoms. The number of likely N-dealkylation sites (tertiary alicyclic amines) is 1. The first kappa shape index (κ1) is 21.6. The molecule has 2 aromatic carbocycles. The predicted molar refractivity (Wildman–Crippen MR) is 121 cm³/mol. The number of benzene rings is 2. The molecule has 2 aliphatic rings. The lowest BCUT2D eigenvalue weighted by Gasteiger charge is -2.35. The predicted octanol–water partition coefficient (Wildman–Crippen LogP) is 3.87. The van der Waals surface area contributed by atoms with E-state index in [1.54, 1.807) is 47.4 Å². The minimum atomic E-state index is -0.271. The molecule has 0 aromatic heterocycles. The monoisotopic (exact) mass is 460 g/mol. The van der Waals surface area contributed by atoms with Crippen LogP contribution in [0.4, 0.5) is 16.2 Å². The van der Waals surface area contributed by atoms with Gasteiger partial charge in [-0.15, -0.1) is 0 Å². The van der Waals surface area contributed by atoms with Crippen LogP contribution in [0.2, 0.25) is 10.0 Å². The fourth-order valence-corrected chi connectivity index (χ4v) is 4.30. The highest BCUT2D eigenvalue weighted by molar-refractivity contribution is 6.42. The standard InChI is InChI=1S/C22H22Cl2N4O3/c23-18-7-6-15(12-19(18)24)25-20(29)13-26-10-8-16(9-11-26)27-14-21(30)28(22(27)31)17-4-2-1-3-5-17/h1-7,12,16H,8-11,13-14H2,(H,25,29). The molecule has 7 nitrogen and oxygen atoms in total. The third-order valence-corrected chi connectivity index (χ3v) is 6.31.